The van der Waals surface area contributed by atoms with Gasteiger partial charge in [0.25, 0.3) is 11.9 Å². The van der Waals surface area contributed by atoms with E-state index in [4.69, 9.17) is 4.42 Å². The first kappa shape index (κ1) is 29.0. The molecule has 1 atom stereocenters. The molecule has 1 N–H and O–H groups in total. The lowest BCUT2D eigenvalue weighted by molar-refractivity contribution is -0.141. The molecular formula is C31H35F3N6O3. The molecule has 1 unspecified atom stereocenters. The fourth-order valence-electron chi connectivity index (χ4n) is 6.46. The predicted molar refractivity (Wildman–Crippen MR) is 155 cm³/mol. The number of hydrogen-bond acceptors (Lipinski definition) is 7. The summed E-state index contributed by atoms with van der Waals surface area (Å²) in [6.45, 7) is 5.75. The molecule has 3 fully saturated rings. The number of anilines is 3. The Morgan fingerprint density at radius 3 is 2.47 bits per heavy atom. The lowest BCUT2D eigenvalue weighted by Crippen LogP contribution is -2.44. The number of nitrogens with one attached hydrogen (secondary N) is 1. The summed E-state index contributed by atoms with van der Waals surface area (Å²) in [7, 11) is 0. The maximum Gasteiger partial charge on any atom is 0.437 e. The summed E-state index contributed by atoms with van der Waals surface area (Å²) in [5.74, 6) is -0.725. The zero-order valence-corrected chi connectivity index (χ0v) is 24.1. The number of amides is 2. The van der Waals surface area contributed by atoms with Gasteiger partial charge < -0.3 is 24.4 Å². The highest BCUT2D eigenvalue weighted by Gasteiger charge is 2.48. The van der Waals surface area contributed by atoms with Crippen molar-refractivity contribution in [2.24, 2.45) is 11.3 Å². The number of alkyl halides is 3. The van der Waals surface area contributed by atoms with Gasteiger partial charge in [-0.15, -0.1) is 0 Å². The van der Waals surface area contributed by atoms with Crippen LogP contribution in [0.15, 0.2) is 53.1 Å². The molecule has 0 radical (unpaired) electrons. The van der Waals surface area contributed by atoms with Gasteiger partial charge in [-0.25, -0.2) is 4.98 Å². The minimum atomic E-state index is -4.84. The topological polar surface area (TPSA) is 94.8 Å². The maximum atomic E-state index is 13.8. The molecule has 5 heterocycles. The molecule has 0 bridgehead atoms. The highest BCUT2D eigenvalue weighted by atomic mass is 19.4. The number of benzene rings is 1. The standard InChI is InChI=1S/C31H35F3N6O3/c1-21-6-5-14-40(19-21)29-37-26(31(32,33)34)25(43-29)27(41)36-23-9-10-24(35-18-23)38-15-11-30(12-16-38)13-17-39(28(30)42)20-22-7-3-2-4-8-22/h2-4,7-10,18,21H,5-6,11-17,19-20H2,1H3,(H,36,41). The van der Waals surface area contributed by atoms with Gasteiger partial charge in [-0.1, -0.05) is 37.3 Å². The molecular weight excluding hydrogens is 561 g/mol. The Morgan fingerprint density at radius 1 is 1.05 bits per heavy atom. The Bertz CT molecular complexity index is 1450. The summed E-state index contributed by atoms with van der Waals surface area (Å²) < 4.78 is 46.7. The highest BCUT2D eigenvalue weighted by molar-refractivity contribution is 6.03. The third-order valence-corrected chi connectivity index (χ3v) is 8.89. The van der Waals surface area contributed by atoms with Crippen molar-refractivity contribution in [3.8, 4) is 0 Å². The zero-order valence-electron chi connectivity index (χ0n) is 24.1. The predicted octanol–water partition coefficient (Wildman–Crippen LogP) is 5.60. The van der Waals surface area contributed by atoms with Crippen LogP contribution in [0.3, 0.4) is 0 Å². The Balaban J connectivity index is 1.08. The third kappa shape index (κ3) is 6.05. The van der Waals surface area contributed by atoms with Crippen LogP contribution in [0.5, 0.6) is 0 Å². The molecule has 1 aromatic carbocycles. The minimum Gasteiger partial charge on any atom is -0.417 e. The molecule has 43 heavy (non-hydrogen) atoms. The number of oxazole rings is 1. The van der Waals surface area contributed by atoms with E-state index in [2.05, 4.69) is 20.2 Å². The van der Waals surface area contributed by atoms with Crippen LogP contribution in [0.2, 0.25) is 0 Å². The number of likely N-dealkylation sites (tertiary alicyclic amines) is 1. The number of carbonyl (C=O) groups excluding carboxylic acids is 2. The molecule has 3 aliphatic rings. The first-order valence-electron chi connectivity index (χ1n) is 14.8. The van der Waals surface area contributed by atoms with Gasteiger partial charge in [0.2, 0.25) is 11.7 Å². The largest absolute Gasteiger partial charge is 0.437 e. The molecule has 2 amide bonds. The summed E-state index contributed by atoms with van der Waals surface area (Å²) in [5, 5.41) is 2.47. The summed E-state index contributed by atoms with van der Waals surface area (Å²) in [5.41, 5.74) is -0.328. The second-order valence-electron chi connectivity index (χ2n) is 12.0. The smallest absolute Gasteiger partial charge is 0.417 e. The van der Waals surface area contributed by atoms with Crippen LogP contribution in [-0.2, 0) is 17.5 Å². The van der Waals surface area contributed by atoms with Gasteiger partial charge in [-0.05, 0) is 55.7 Å². The van der Waals surface area contributed by atoms with E-state index in [-0.39, 0.29) is 28.9 Å². The molecule has 3 aromatic rings. The van der Waals surface area contributed by atoms with Gasteiger partial charge in [0.1, 0.15) is 5.82 Å². The van der Waals surface area contributed by atoms with Crippen molar-refractivity contribution < 1.29 is 27.2 Å². The lowest BCUT2D eigenvalue weighted by atomic mass is 9.77. The van der Waals surface area contributed by atoms with Crippen LogP contribution < -0.4 is 15.1 Å². The molecule has 2 aromatic heterocycles. The number of piperidine rings is 2. The number of nitrogens with zero attached hydrogens (tertiary/aromatic N) is 5. The zero-order chi connectivity index (χ0) is 30.2. The van der Waals surface area contributed by atoms with E-state index in [1.165, 1.54) is 6.20 Å². The quantitative estimate of drug-likeness (QED) is 0.396. The van der Waals surface area contributed by atoms with Gasteiger partial charge in [-0.3, -0.25) is 9.59 Å². The number of carbonyl (C=O) groups is 2. The average molecular weight is 597 g/mol. The fraction of sp³-hybridized carbons (Fsp3) is 0.484. The SMILES string of the molecule is CC1CCCN(c2nc(C(F)(F)F)c(C(=O)Nc3ccc(N4CCC5(CCN(Cc6ccccc6)C5=O)CC4)nc3)o2)C1. The van der Waals surface area contributed by atoms with Crippen molar-refractivity contribution in [2.75, 3.05) is 47.8 Å². The van der Waals surface area contributed by atoms with E-state index >= 15 is 0 Å². The van der Waals surface area contributed by atoms with Crippen molar-refractivity contribution >= 4 is 29.3 Å². The summed E-state index contributed by atoms with van der Waals surface area (Å²) in [6.07, 6.45) is 0.641. The Labute approximate surface area is 248 Å². The van der Waals surface area contributed by atoms with E-state index in [1.54, 1.807) is 17.0 Å². The van der Waals surface area contributed by atoms with Crippen molar-refractivity contribution in [3.05, 3.63) is 65.7 Å². The van der Waals surface area contributed by atoms with Crippen molar-refractivity contribution in [1.29, 1.82) is 0 Å². The lowest BCUT2D eigenvalue weighted by Gasteiger charge is -2.38. The van der Waals surface area contributed by atoms with Crippen LogP contribution in [0.4, 0.5) is 30.7 Å². The van der Waals surface area contributed by atoms with E-state index in [1.807, 2.05) is 42.2 Å². The molecule has 6 rings (SSSR count). The van der Waals surface area contributed by atoms with Crippen LogP contribution in [0.25, 0.3) is 0 Å². The van der Waals surface area contributed by atoms with Crippen molar-refractivity contribution in [3.63, 3.8) is 0 Å². The molecule has 1 spiro atoms. The highest BCUT2D eigenvalue weighted by Crippen LogP contribution is 2.43. The monoisotopic (exact) mass is 596 g/mol. The first-order valence-corrected chi connectivity index (χ1v) is 14.8. The van der Waals surface area contributed by atoms with Crippen LogP contribution >= 0.6 is 0 Å². The van der Waals surface area contributed by atoms with Crippen LogP contribution in [0.1, 0.15) is 60.8 Å². The molecule has 0 saturated carbocycles. The van der Waals surface area contributed by atoms with Gasteiger partial charge in [0.05, 0.1) is 17.3 Å². The van der Waals surface area contributed by atoms with Gasteiger partial charge in [0.15, 0.2) is 5.69 Å². The third-order valence-electron chi connectivity index (χ3n) is 8.89. The normalized spacial score (nSPS) is 20.6. The summed E-state index contributed by atoms with van der Waals surface area (Å²) in [6, 6.07) is 13.1. The number of hydrogen-bond donors (Lipinski definition) is 1. The second-order valence-corrected chi connectivity index (χ2v) is 12.0. The van der Waals surface area contributed by atoms with Gasteiger partial charge in [-0.2, -0.15) is 18.2 Å². The van der Waals surface area contributed by atoms with E-state index in [0.29, 0.717) is 38.5 Å². The fourth-order valence-corrected chi connectivity index (χ4v) is 6.46. The number of halogens is 3. The van der Waals surface area contributed by atoms with Crippen LogP contribution in [-0.4, -0.2) is 59.4 Å². The van der Waals surface area contributed by atoms with Crippen LogP contribution in [0, 0.1) is 11.3 Å². The Kier molecular flexibility index (Phi) is 7.78. The van der Waals surface area contributed by atoms with Gasteiger partial charge in [0, 0.05) is 39.3 Å². The number of pyridine rings is 1. The Hall–Kier alpha value is -4.09. The molecule has 3 saturated heterocycles. The van der Waals surface area contributed by atoms with Crippen molar-refractivity contribution in [2.45, 2.75) is 51.7 Å². The molecule has 12 heteroatoms. The van der Waals surface area contributed by atoms with Gasteiger partial charge >= 0.3 is 6.18 Å². The average Bonchev–Trinajstić information content (AvgIpc) is 3.58. The second kappa shape index (κ2) is 11.5. The first-order chi connectivity index (χ1) is 20.6. The Morgan fingerprint density at radius 2 is 1.79 bits per heavy atom. The molecule has 9 nitrogen and oxygen atoms in total. The number of rotatable bonds is 6. The minimum absolute atomic E-state index is 0.190. The van der Waals surface area contributed by atoms with E-state index in [0.717, 1.165) is 44.2 Å². The molecule has 228 valence electrons. The maximum absolute atomic E-state index is 13.8. The molecule has 0 aliphatic carbocycles. The molecule has 3 aliphatic heterocycles. The summed E-state index contributed by atoms with van der Waals surface area (Å²) in [4.78, 5) is 40.1. The van der Waals surface area contributed by atoms with E-state index < -0.39 is 23.5 Å². The number of aromatic nitrogens is 2. The van der Waals surface area contributed by atoms with E-state index in [9.17, 15) is 22.8 Å². The summed E-state index contributed by atoms with van der Waals surface area (Å²) >= 11 is 0. The van der Waals surface area contributed by atoms with Crippen molar-refractivity contribution in [1.82, 2.24) is 14.9 Å².